The van der Waals surface area contributed by atoms with Crippen LogP contribution in [0.15, 0.2) is 35.7 Å². The van der Waals surface area contributed by atoms with E-state index in [0.717, 1.165) is 22.4 Å². The van der Waals surface area contributed by atoms with E-state index < -0.39 is 0 Å². The van der Waals surface area contributed by atoms with E-state index in [2.05, 4.69) is 15.6 Å². The Hall–Kier alpha value is -3.39. The van der Waals surface area contributed by atoms with Crippen LogP contribution in [0.1, 0.15) is 32.7 Å². The molecule has 0 radical (unpaired) electrons. The van der Waals surface area contributed by atoms with E-state index in [1.165, 1.54) is 25.6 Å². The average Bonchev–Trinajstić information content (AvgIpc) is 3.16. The van der Waals surface area contributed by atoms with Gasteiger partial charge in [-0.2, -0.15) is 0 Å². The second-order valence-corrected chi connectivity index (χ2v) is 8.02. The van der Waals surface area contributed by atoms with Gasteiger partial charge >= 0.3 is 0 Å². The summed E-state index contributed by atoms with van der Waals surface area (Å²) in [5, 5.41) is 7.91. The molecule has 0 aliphatic rings. The Morgan fingerprint density at radius 3 is 2.29 bits per heavy atom. The maximum Gasteiger partial charge on any atom is 0.257 e. The molecule has 31 heavy (non-hydrogen) atoms. The Balaban J connectivity index is 1.64. The zero-order valence-electron chi connectivity index (χ0n) is 18.2. The second-order valence-electron chi connectivity index (χ2n) is 7.17. The lowest BCUT2D eigenvalue weighted by Crippen LogP contribution is -2.16. The van der Waals surface area contributed by atoms with Crippen molar-refractivity contribution in [3.8, 4) is 11.5 Å². The average molecular weight is 440 g/mol. The second kappa shape index (κ2) is 9.61. The Labute approximate surface area is 185 Å². The van der Waals surface area contributed by atoms with E-state index >= 15 is 0 Å². The molecule has 1 aromatic heterocycles. The highest BCUT2D eigenvalue weighted by molar-refractivity contribution is 7.14. The number of aromatic nitrogens is 1. The minimum atomic E-state index is -0.322. The van der Waals surface area contributed by atoms with Crippen LogP contribution in [-0.4, -0.2) is 31.0 Å². The van der Waals surface area contributed by atoms with Crippen molar-refractivity contribution >= 4 is 34.0 Å². The molecular weight excluding hydrogens is 414 g/mol. The van der Waals surface area contributed by atoms with Gasteiger partial charge in [0.15, 0.2) is 16.6 Å². The van der Waals surface area contributed by atoms with E-state index in [4.69, 9.17) is 9.47 Å². The molecule has 3 aromatic rings. The van der Waals surface area contributed by atoms with E-state index in [9.17, 15) is 9.59 Å². The minimum Gasteiger partial charge on any atom is -0.493 e. The molecule has 0 bridgehead atoms. The van der Waals surface area contributed by atoms with E-state index in [-0.39, 0.29) is 18.2 Å². The quantitative estimate of drug-likeness (QED) is 0.565. The number of carbonyl (C=O) groups excluding carboxylic acids is 2. The first-order valence-corrected chi connectivity index (χ1v) is 10.5. The lowest BCUT2D eigenvalue weighted by atomic mass is 10.0. The van der Waals surface area contributed by atoms with Crippen LogP contribution in [-0.2, 0) is 11.2 Å². The number of amides is 2. The van der Waals surface area contributed by atoms with Crippen LogP contribution in [0.3, 0.4) is 0 Å². The summed E-state index contributed by atoms with van der Waals surface area (Å²) in [6, 6.07) is 8.98. The zero-order chi connectivity index (χ0) is 22.5. The highest BCUT2D eigenvalue weighted by atomic mass is 32.1. The summed E-state index contributed by atoms with van der Waals surface area (Å²) in [6.45, 7) is 5.97. The summed E-state index contributed by atoms with van der Waals surface area (Å²) in [4.78, 5) is 29.4. The van der Waals surface area contributed by atoms with Crippen LogP contribution in [0.5, 0.6) is 11.5 Å². The van der Waals surface area contributed by atoms with Crippen LogP contribution in [0.4, 0.5) is 10.8 Å². The van der Waals surface area contributed by atoms with E-state index in [0.29, 0.717) is 27.9 Å². The summed E-state index contributed by atoms with van der Waals surface area (Å²) in [5.74, 6) is 0.532. The molecule has 7 nitrogen and oxygen atoms in total. The van der Waals surface area contributed by atoms with Crippen molar-refractivity contribution < 1.29 is 19.1 Å². The van der Waals surface area contributed by atoms with Crippen LogP contribution < -0.4 is 20.1 Å². The third kappa shape index (κ3) is 5.40. The largest absolute Gasteiger partial charge is 0.493 e. The lowest BCUT2D eigenvalue weighted by molar-refractivity contribution is -0.115. The molecule has 0 unspecified atom stereocenters. The molecule has 2 aromatic carbocycles. The summed E-state index contributed by atoms with van der Waals surface area (Å²) < 4.78 is 10.4. The summed E-state index contributed by atoms with van der Waals surface area (Å²) in [5.41, 5.74) is 5.03. The van der Waals surface area contributed by atoms with Crippen molar-refractivity contribution in [1.29, 1.82) is 0 Å². The molecule has 2 amide bonds. The fourth-order valence-corrected chi connectivity index (χ4v) is 4.02. The highest BCUT2D eigenvalue weighted by Crippen LogP contribution is 2.28. The molecule has 3 rings (SSSR count). The van der Waals surface area contributed by atoms with Crippen LogP contribution >= 0.6 is 11.3 Å². The molecule has 162 valence electrons. The smallest absolute Gasteiger partial charge is 0.257 e. The molecule has 1 heterocycles. The Kier molecular flexibility index (Phi) is 6.91. The van der Waals surface area contributed by atoms with Gasteiger partial charge in [-0.3, -0.25) is 14.9 Å². The predicted octanol–water partition coefficient (Wildman–Crippen LogP) is 4.52. The first kappa shape index (κ1) is 22.3. The Morgan fingerprint density at radius 2 is 1.65 bits per heavy atom. The van der Waals surface area contributed by atoms with Crippen LogP contribution in [0.25, 0.3) is 0 Å². The van der Waals surface area contributed by atoms with Gasteiger partial charge in [0.2, 0.25) is 5.91 Å². The molecule has 2 N–H and O–H groups in total. The first-order valence-electron chi connectivity index (χ1n) is 9.66. The Morgan fingerprint density at radius 1 is 0.968 bits per heavy atom. The Bertz CT molecular complexity index is 1100. The normalized spacial score (nSPS) is 10.5. The molecule has 0 aliphatic heterocycles. The fourth-order valence-electron chi connectivity index (χ4n) is 3.32. The van der Waals surface area contributed by atoms with Gasteiger partial charge in [0.05, 0.1) is 26.3 Å². The molecular formula is C23H25N3O4S. The molecule has 0 atom stereocenters. The maximum absolute atomic E-state index is 12.5. The maximum atomic E-state index is 12.5. The van der Waals surface area contributed by atoms with Crippen molar-refractivity contribution in [2.75, 3.05) is 24.9 Å². The third-order valence-corrected chi connectivity index (χ3v) is 5.51. The number of nitrogens with zero attached hydrogens (tertiary/aromatic N) is 1. The molecule has 8 heteroatoms. The third-order valence-electron chi connectivity index (χ3n) is 4.70. The van der Waals surface area contributed by atoms with Crippen molar-refractivity contribution in [1.82, 2.24) is 4.98 Å². The topological polar surface area (TPSA) is 89.5 Å². The minimum absolute atomic E-state index is 0.121. The molecule has 0 spiro atoms. The SMILES string of the molecule is COc1ccc(C(=O)Nc2nc(CC(=O)Nc3c(C)cc(C)cc3C)cs2)cc1OC. The lowest BCUT2D eigenvalue weighted by Gasteiger charge is -2.12. The van der Waals surface area contributed by atoms with E-state index in [1.54, 1.807) is 23.6 Å². The predicted molar refractivity (Wildman–Crippen MR) is 123 cm³/mol. The van der Waals surface area contributed by atoms with Crippen molar-refractivity contribution in [3.05, 3.63) is 63.7 Å². The zero-order valence-corrected chi connectivity index (χ0v) is 19.0. The highest BCUT2D eigenvalue weighted by Gasteiger charge is 2.15. The number of rotatable bonds is 7. The van der Waals surface area contributed by atoms with Gasteiger partial charge in [0.1, 0.15) is 0 Å². The van der Waals surface area contributed by atoms with Gasteiger partial charge in [0, 0.05) is 16.6 Å². The number of benzene rings is 2. The number of hydrogen-bond acceptors (Lipinski definition) is 6. The number of hydrogen-bond donors (Lipinski definition) is 2. The monoisotopic (exact) mass is 439 g/mol. The standard InChI is InChI=1S/C23H25N3O4S/c1-13-8-14(2)21(15(3)9-13)25-20(27)11-17-12-31-23(24-17)26-22(28)16-6-7-18(29-4)19(10-16)30-5/h6-10,12H,11H2,1-5H3,(H,25,27)(H,24,26,28). The van der Waals surface area contributed by atoms with Gasteiger partial charge in [-0.05, 0) is 50.1 Å². The van der Waals surface area contributed by atoms with Gasteiger partial charge in [-0.25, -0.2) is 4.98 Å². The molecule has 0 aliphatic carbocycles. The summed E-state index contributed by atoms with van der Waals surface area (Å²) in [6.07, 6.45) is 0.121. The number of methoxy groups -OCH3 is 2. The van der Waals surface area contributed by atoms with Crippen LogP contribution in [0.2, 0.25) is 0 Å². The number of carbonyl (C=O) groups is 2. The van der Waals surface area contributed by atoms with Crippen molar-refractivity contribution in [3.63, 3.8) is 0 Å². The number of anilines is 2. The number of nitrogens with one attached hydrogen (secondary N) is 2. The number of aryl methyl sites for hydroxylation is 3. The first-order chi connectivity index (χ1) is 14.8. The van der Waals surface area contributed by atoms with E-state index in [1.807, 2.05) is 32.9 Å². The van der Waals surface area contributed by atoms with Crippen molar-refractivity contribution in [2.45, 2.75) is 27.2 Å². The van der Waals surface area contributed by atoms with Gasteiger partial charge in [-0.1, -0.05) is 17.7 Å². The van der Waals surface area contributed by atoms with Crippen molar-refractivity contribution in [2.24, 2.45) is 0 Å². The summed E-state index contributed by atoms with van der Waals surface area (Å²) >= 11 is 1.27. The van der Waals surface area contributed by atoms with Gasteiger partial charge < -0.3 is 14.8 Å². The van der Waals surface area contributed by atoms with Crippen LogP contribution in [0, 0.1) is 20.8 Å². The summed E-state index contributed by atoms with van der Waals surface area (Å²) in [7, 11) is 3.05. The number of ether oxygens (including phenoxy) is 2. The van der Waals surface area contributed by atoms with Gasteiger partial charge in [0.25, 0.3) is 5.91 Å². The molecule has 0 saturated heterocycles. The molecule has 0 fully saturated rings. The fraction of sp³-hybridized carbons (Fsp3) is 0.261. The number of thiazole rings is 1. The van der Waals surface area contributed by atoms with Gasteiger partial charge in [-0.15, -0.1) is 11.3 Å². The molecule has 0 saturated carbocycles.